The second-order valence-corrected chi connectivity index (χ2v) is 7.02. The number of amides is 2. The van der Waals surface area contributed by atoms with Crippen LogP contribution in [0.25, 0.3) is 0 Å². The average molecular weight is 405 g/mol. The number of aliphatic imine (C=N–C) groups is 1. The van der Waals surface area contributed by atoms with Crippen LogP contribution >= 0.6 is 11.6 Å². The Morgan fingerprint density at radius 3 is 2.64 bits per heavy atom. The third-order valence-electron chi connectivity index (χ3n) is 4.92. The monoisotopic (exact) mass is 404 g/mol. The molecule has 0 radical (unpaired) electrons. The van der Waals surface area contributed by atoms with Crippen LogP contribution in [0.5, 0.6) is 0 Å². The van der Waals surface area contributed by atoms with E-state index < -0.39 is 11.9 Å². The molecule has 6 nitrogen and oxygen atoms in total. The number of carbonyl (C=O) groups excluding carboxylic acids is 1. The maximum atomic E-state index is 13.9. The van der Waals surface area contributed by atoms with Crippen molar-refractivity contribution in [2.24, 2.45) is 4.99 Å². The average Bonchev–Trinajstić information content (AvgIpc) is 2.72. The summed E-state index contributed by atoms with van der Waals surface area (Å²) in [5.41, 5.74) is 1.33. The maximum Gasteiger partial charge on any atom is 0.324 e. The number of urea groups is 1. The minimum absolute atomic E-state index is 0.123. The summed E-state index contributed by atoms with van der Waals surface area (Å²) in [5, 5.41) is 10.8. The summed E-state index contributed by atoms with van der Waals surface area (Å²) in [6.45, 7) is 3.81. The fraction of sp³-hybridized carbons (Fsp3) is 0.400. The summed E-state index contributed by atoms with van der Waals surface area (Å²) in [7, 11) is 0. The van der Waals surface area contributed by atoms with E-state index in [9.17, 15) is 14.3 Å². The van der Waals surface area contributed by atoms with Gasteiger partial charge in [0.25, 0.3) is 0 Å². The van der Waals surface area contributed by atoms with Crippen LogP contribution in [0.15, 0.2) is 34.8 Å². The number of fused-ring (bicyclic) bond motifs is 1. The number of carbonyl (C=O) groups is 1. The molecule has 1 saturated heterocycles. The molecule has 3 rings (SSSR count). The molecule has 1 aromatic carbocycles. The summed E-state index contributed by atoms with van der Waals surface area (Å²) in [6, 6.07) is 5.02. The Hall–Kier alpha value is -2.56. The number of aliphatic hydroxyl groups excluding tert-OH is 1. The first-order chi connectivity index (χ1) is 13.5. The van der Waals surface area contributed by atoms with Crippen LogP contribution in [-0.4, -0.2) is 59.9 Å². The van der Waals surface area contributed by atoms with Gasteiger partial charge >= 0.3 is 6.03 Å². The van der Waals surface area contributed by atoms with Gasteiger partial charge in [0.15, 0.2) is 5.82 Å². The Balaban J connectivity index is 1.73. The number of hydrogen-bond donors (Lipinski definition) is 1. The molecule has 2 amide bonds. The van der Waals surface area contributed by atoms with E-state index in [1.54, 1.807) is 39.8 Å². The van der Waals surface area contributed by atoms with E-state index in [0.29, 0.717) is 55.4 Å². The molecule has 1 unspecified atom stereocenters. The van der Waals surface area contributed by atoms with Gasteiger partial charge in [0.1, 0.15) is 0 Å². The largest absolute Gasteiger partial charge is 0.388 e. The molecule has 1 atom stereocenters. The number of nitrogens with zero attached hydrogens (tertiary/aromatic N) is 4. The van der Waals surface area contributed by atoms with Crippen molar-refractivity contribution in [1.29, 1.82) is 0 Å². The molecule has 1 N–H and O–H groups in total. The van der Waals surface area contributed by atoms with Crippen molar-refractivity contribution in [3.63, 3.8) is 0 Å². The van der Waals surface area contributed by atoms with Gasteiger partial charge in [0, 0.05) is 49.5 Å². The third-order valence-corrected chi connectivity index (χ3v) is 5.16. The predicted molar refractivity (Wildman–Crippen MR) is 108 cm³/mol. The number of rotatable bonds is 2. The van der Waals surface area contributed by atoms with E-state index in [2.05, 4.69) is 4.99 Å². The minimum Gasteiger partial charge on any atom is -0.388 e. The highest BCUT2D eigenvalue weighted by atomic mass is 35.5. The lowest BCUT2D eigenvalue weighted by atomic mass is 9.99. The number of halogens is 2. The molecule has 0 saturated carbocycles. The standard InChI is InChI=1S/C20H22ClFN4O2/c1-3-16(22)19(23-4-2)24-9-11-25(12-10-24)20(28)26-8-7-18(27)15-13-14(21)5-6-17(15)26/h1,4-6,13,18,27H,7-12H2,2H3/b19-16-,23-4?. The molecule has 0 aromatic heterocycles. The number of benzene rings is 1. The molecule has 148 valence electrons. The Bertz CT molecular complexity index is 856. The molecule has 8 heteroatoms. The van der Waals surface area contributed by atoms with Gasteiger partial charge in [0.05, 0.1) is 11.8 Å². The molecule has 2 aliphatic rings. The van der Waals surface area contributed by atoms with E-state index >= 15 is 0 Å². The fourth-order valence-electron chi connectivity index (χ4n) is 3.51. The number of anilines is 1. The van der Waals surface area contributed by atoms with Crippen molar-refractivity contribution in [2.75, 3.05) is 37.6 Å². The molecule has 0 bridgehead atoms. The highest BCUT2D eigenvalue weighted by Crippen LogP contribution is 2.36. The van der Waals surface area contributed by atoms with E-state index in [4.69, 9.17) is 18.0 Å². The van der Waals surface area contributed by atoms with Crippen molar-refractivity contribution in [2.45, 2.75) is 19.4 Å². The topological polar surface area (TPSA) is 59.4 Å². The maximum absolute atomic E-state index is 13.9. The van der Waals surface area contributed by atoms with Crippen LogP contribution < -0.4 is 4.90 Å². The Morgan fingerprint density at radius 2 is 2.00 bits per heavy atom. The highest BCUT2D eigenvalue weighted by Gasteiger charge is 2.32. The van der Waals surface area contributed by atoms with E-state index in [1.165, 1.54) is 6.21 Å². The third kappa shape index (κ3) is 3.98. The minimum atomic E-state index is -0.714. The van der Waals surface area contributed by atoms with Crippen molar-refractivity contribution in [3.8, 4) is 12.3 Å². The summed E-state index contributed by atoms with van der Waals surface area (Å²) in [4.78, 5) is 22.2. The second-order valence-electron chi connectivity index (χ2n) is 6.59. The zero-order chi connectivity index (χ0) is 20.3. The molecule has 28 heavy (non-hydrogen) atoms. The van der Waals surface area contributed by atoms with Gasteiger partial charge in [-0.15, -0.1) is 6.42 Å². The number of aliphatic hydroxyl groups is 1. The molecule has 2 heterocycles. The lowest BCUT2D eigenvalue weighted by molar-refractivity contribution is 0.149. The van der Waals surface area contributed by atoms with Gasteiger partial charge < -0.3 is 14.9 Å². The van der Waals surface area contributed by atoms with Crippen molar-refractivity contribution in [3.05, 3.63) is 40.4 Å². The van der Waals surface area contributed by atoms with E-state index in [1.807, 2.05) is 5.92 Å². The first kappa shape index (κ1) is 20.2. The summed E-state index contributed by atoms with van der Waals surface area (Å²) >= 11 is 6.04. The van der Waals surface area contributed by atoms with Gasteiger partial charge in [-0.1, -0.05) is 11.6 Å². The van der Waals surface area contributed by atoms with Crippen molar-refractivity contribution in [1.82, 2.24) is 9.80 Å². The van der Waals surface area contributed by atoms with Crippen LogP contribution in [0.3, 0.4) is 0 Å². The molecular formula is C20H22ClFN4O2. The van der Waals surface area contributed by atoms with Gasteiger partial charge in [0.2, 0.25) is 5.83 Å². The van der Waals surface area contributed by atoms with Crippen molar-refractivity contribution < 1.29 is 14.3 Å². The quantitative estimate of drug-likeness (QED) is 0.608. The van der Waals surface area contributed by atoms with Crippen LogP contribution in [0.4, 0.5) is 14.9 Å². The number of terminal acetylenes is 1. The SMILES string of the molecule is C#C/C(F)=C(\N=CC)N1CCN(C(=O)N2CCC(O)c3cc(Cl)ccc32)CC1. The van der Waals surface area contributed by atoms with E-state index in [0.717, 1.165) is 0 Å². The molecule has 0 spiro atoms. The zero-order valence-electron chi connectivity index (χ0n) is 15.6. The van der Waals surface area contributed by atoms with Crippen LogP contribution in [0.2, 0.25) is 5.02 Å². The predicted octanol–water partition coefficient (Wildman–Crippen LogP) is 3.18. The van der Waals surface area contributed by atoms with Gasteiger partial charge in [-0.05, 0) is 37.5 Å². The normalized spacial score (nSPS) is 20.7. The van der Waals surface area contributed by atoms with Crippen LogP contribution in [0.1, 0.15) is 25.0 Å². The van der Waals surface area contributed by atoms with E-state index in [-0.39, 0.29) is 11.9 Å². The van der Waals surface area contributed by atoms with Gasteiger partial charge in [-0.2, -0.15) is 4.39 Å². The first-order valence-electron chi connectivity index (χ1n) is 9.10. The number of piperazine rings is 1. The first-order valence-corrected chi connectivity index (χ1v) is 9.48. The summed E-state index contributed by atoms with van der Waals surface area (Å²) in [6.07, 6.45) is 6.47. The summed E-state index contributed by atoms with van der Waals surface area (Å²) in [5.74, 6) is 1.40. The van der Waals surface area contributed by atoms with Gasteiger partial charge in [-0.3, -0.25) is 4.90 Å². The Labute approximate surface area is 168 Å². The van der Waals surface area contributed by atoms with Crippen LogP contribution in [0, 0.1) is 12.3 Å². The Morgan fingerprint density at radius 1 is 1.32 bits per heavy atom. The molecule has 1 fully saturated rings. The lowest BCUT2D eigenvalue weighted by Crippen LogP contribution is -2.53. The van der Waals surface area contributed by atoms with Gasteiger partial charge in [-0.25, -0.2) is 9.79 Å². The molecule has 1 aromatic rings. The van der Waals surface area contributed by atoms with Crippen molar-refractivity contribution >= 4 is 29.5 Å². The molecule has 0 aliphatic carbocycles. The number of allylic oxidation sites excluding steroid dienone is 1. The molecular weight excluding hydrogens is 383 g/mol. The lowest BCUT2D eigenvalue weighted by Gasteiger charge is -2.40. The summed E-state index contributed by atoms with van der Waals surface area (Å²) < 4.78 is 13.9. The number of hydrogen-bond acceptors (Lipinski definition) is 4. The fourth-order valence-corrected chi connectivity index (χ4v) is 3.69. The smallest absolute Gasteiger partial charge is 0.324 e. The van der Waals surface area contributed by atoms with Crippen LogP contribution in [-0.2, 0) is 0 Å². The second kappa shape index (κ2) is 8.63. The highest BCUT2D eigenvalue weighted by molar-refractivity contribution is 6.30. The zero-order valence-corrected chi connectivity index (χ0v) is 16.4. The molecule has 2 aliphatic heterocycles. The Kier molecular flexibility index (Phi) is 6.22.